The molecule has 1 aliphatic rings. The number of hydrogen-bond donors (Lipinski definition) is 1. The van der Waals surface area contributed by atoms with Crippen LogP contribution in [0, 0.1) is 5.41 Å². The van der Waals surface area contributed by atoms with Gasteiger partial charge in [-0.1, -0.05) is 31.1 Å². The van der Waals surface area contributed by atoms with Gasteiger partial charge in [0.25, 0.3) is 0 Å². The maximum atomic E-state index is 3.96. The molecule has 0 unspecified atom stereocenters. The molecule has 0 aromatic carbocycles. The molecule has 1 aliphatic carbocycles. The predicted molar refractivity (Wildman–Crippen MR) is 59.6 cm³/mol. The third kappa shape index (κ3) is 2.44. The van der Waals surface area contributed by atoms with Crippen molar-refractivity contribution in [2.24, 2.45) is 5.41 Å². The monoisotopic (exact) mass is 211 g/mol. The lowest BCUT2D eigenvalue weighted by molar-refractivity contribution is 0.318. The molecule has 1 fully saturated rings. The minimum absolute atomic E-state index is 0.581. The Morgan fingerprint density at radius 2 is 2.29 bits per heavy atom. The van der Waals surface area contributed by atoms with E-state index in [0.29, 0.717) is 5.41 Å². The van der Waals surface area contributed by atoms with Crippen molar-refractivity contribution in [2.45, 2.75) is 39.0 Å². The number of nitrogens with zero attached hydrogens (tertiary/aromatic N) is 2. The van der Waals surface area contributed by atoms with Gasteiger partial charge in [0.15, 0.2) is 0 Å². The van der Waals surface area contributed by atoms with Crippen LogP contribution in [0.5, 0.6) is 0 Å². The highest BCUT2D eigenvalue weighted by molar-refractivity contribution is 7.13. The van der Waals surface area contributed by atoms with Crippen molar-refractivity contribution in [3.05, 3.63) is 5.51 Å². The second kappa shape index (κ2) is 4.26. The molecule has 0 bridgehead atoms. The van der Waals surface area contributed by atoms with E-state index in [2.05, 4.69) is 22.4 Å². The standard InChI is InChI=1S/C10H17N3S/c1-10(4-2-3-5-10)6-7-11-9-13-12-8-14-9/h8H,2-7H2,1H3,(H,11,13). The number of aromatic nitrogens is 2. The molecule has 1 heterocycles. The minimum atomic E-state index is 0.581. The molecule has 3 nitrogen and oxygen atoms in total. The quantitative estimate of drug-likeness (QED) is 0.832. The summed E-state index contributed by atoms with van der Waals surface area (Å²) in [7, 11) is 0. The van der Waals surface area contributed by atoms with Crippen LogP contribution in [0.1, 0.15) is 39.0 Å². The molecule has 1 aromatic rings. The predicted octanol–water partition coefficient (Wildman–Crippen LogP) is 2.92. The van der Waals surface area contributed by atoms with Crippen LogP contribution < -0.4 is 5.32 Å². The Kier molecular flexibility index (Phi) is 3.01. The second-order valence-electron chi connectivity index (χ2n) is 4.44. The Labute approximate surface area is 88.9 Å². The molecule has 0 radical (unpaired) electrons. The summed E-state index contributed by atoms with van der Waals surface area (Å²) in [5.41, 5.74) is 2.34. The SMILES string of the molecule is CC1(CCNc2nncs2)CCCC1. The fourth-order valence-electron chi connectivity index (χ4n) is 2.20. The summed E-state index contributed by atoms with van der Waals surface area (Å²) in [6, 6.07) is 0. The molecule has 0 spiro atoms. The molecule has 0 atom stereocenters. The lowest BCUT2D eigenvalue weighted by Crippen LogP contribution is -2.16. The van der Waals surface area contributed by atoms with Gasteiger partial charge in [0.2, 0.25) is 5.13 Å². The third-order valence-corrected chi connectivity index (χ3v) is 3.82. The van der Waals surface area contributed by atoms with Crippen LogP contribution in [0.2, 0.25) is 0 Å². The summed E-state index contributed by atoms with van der Waals surface area (Å²) in [6.07, 6.45) is 6.87. The highest BCUT2D eigenvalue weighted by atomic mass is 32.1. The molecule has 1 N–H and O–H groups in total. The Balaban J connectivity index is 1.72. The fraction of sp³-hybridized carbons (Fsp3) is 0.800. The van der Waals surface area contributed by atoms with E-state index in [1.54, 1.807) is 16.8 Å². The van der Waals surface area contributed by atoms with Gasteiger partial charge >= 0.3 is 0 Å². The summed E-state index contributed by atoms with van der Waals surface area (Å²) in [5, 5.41) is 12.0. The minimum Gasteiger partial charge on any atom is -0.360 e. The van der Waals surface area contributed by atoms with Crippen molar-refractivity contribution >= 4 is 16.5 Å². The van der Waals surface area contributed by atoms with E-state index in [0.717, 1.165) is 11.7 Å². The average Bonchev–Trinajstić information content (AvgIpc) is 2.77. The van der Waals surface area contributed by atoms with Gasteiger partial charge in [-0.2, -0.15) is 0 Å². The molecule has 2 rings (SSSR count). The van der Waals surface area contributed by atoms with Crippen molar-refractivity contribution in [1.82, 2.24) is 10.2 Å². The van der Waals surface area contributed by atoms with Crippen LogP contribution in [0.3, 0.4) is 0 Å². The van der Waals surface area contributed by atoms with Gasteiger partial charge in [0.1, 0.15) is 5.51 Å². The molecular weight excluding hydrogens is 194 g/mol. The lowest BCUT2D eigenvalue weighted by Gasteiger charge is -2.22. The Morgan fingerprint density at radius 1 is 1.50 bits per heavy atom. The first kappa shape index (κ1) is 9.90. The van der Waals surface area contributed by atoms with Crippen molar-refractivity contribution in [3.8, 4) is 0 Å². The highest BCUT2D eigenvalue weighted by Gasteiger charge is 2.27. The zero-order valence-corrected chi connectivity index (χ0v) is 9.44. The van der Waals surface area contributed by atoms with E-state index in [1.165, 1.54) is 32.1 Å². The number of hydrogen-bond acceptors (Lipinski definition) is 4. The maximum absolute atomic E-state index is 3.96. The second-order valence-corrected chi connectivity index (χ2v) is 5.27. The summed E-state index contributed by atoms with van der Waals surface area (Å²) in [4.78, 5) is 0. The van der Waals surface area contributed by atoms with Gasteiger partial charge in [-0.05, 0) is 24.7 Å². The Morgan fingerprint density at radius 3 is 2.93 bits per heavy atom. The van der Waals surface area contributed by atoms with Crippen LogP contribution in [0.15, 0.2) is 5.51 Å². The fourth-order valence-corrected chi connectivity index (χ4v) is 2.67. The summed E-state index contributed by atoms with van der Waals surface area (Å²) >= 11 is 1.57. The molecule has 0 aliphatic heterocycles. The van der Waals surface area contributed by atoms with Gasteiger partial charge in [-0.15, -0.1) is 10.2 Å². The smallest absolute Gasteiger partial charge is 0.205 e. The molecular formula is C10H17N3S. The molecule has 0 saturated heterocycles. The van der Waals surface area contributed by atoms with Crippen LogP contribution in [-0.2, 0) is 0 Å². The van der Waals surface area contributed by atoms with Gasteiger partial charge in [-0.25, -0.2) is 0 Å². The summed E-state index contributed by atoms with van der Waals surface area (Å²) in [5.74, 6) is 0. The van der Waals surface area contributed by atoms with Crippen molar-refractivity contribution in [1.29, 1.82) is 0 Å². The van der Waals surface area contributed by atoms with Crippen molar-refractivity contribution in [3.63, 3.8) is 0 Å². The molecule has 1 saturated carbocycles. The molecule has 0 amide bonds. The van der Waals surface area contributed by atoms with E-state index >= 15 is 0 Å². The maximum Gasteiger partial charge on any atom is 0.205 e. The van der Waals surface area contributed by atoms with Crippen LogP contribution in [-0.4, -0.2) is 16.7 Å². The topological polar surface area (TPSA) is 37.8 Å². The molecule has 1 aromatic heterocycles. The zero-order chi connectivity index (χ0) is 9.86. The number of rotatable bonds is 4. The van der Waals surface area contributed by atoms with Crippen molar-refractivity contribution < 1.29 is 0 Å². The van der Waals surface area contributed by atoms with E-state index in [4.69, 9.17) is 0 Å². The molecule has 14 heavy (non-hydrogen) atoms. The number of anilines is 1. The van der Waals surface area contributed by atoms with Gasteiger partial charge in [0.05, 0.1) is 0 Å². The van der Waals surface area contributed by atoms with Crippen molar-refractivity contribution in [2.75, 3.05) is 11.9 Å². The van der Waals surface area contributed by atoms with E-state index in [1.807, 2.05) is 0 Å². The molecule has 4 heteroatoms. The molecule has 78 valence electrons. The van der Waals surface area contributed by atoms with Crippen LogP contribution >= 0.6 is 11.3 Å². The van der Waals surface area contributed by atoms with E-state index in [-0.39, 0.29) is 0 Å². The summed E-state index contributed by atoms with van der Waals surface area (Å²) < 4.78 is 0. The third-order valence-electron chi connectivity index (χ3n) is 3.18. The van der Waals surface area contributed by atoms with Crippen LogP contribution in [0.4, 0.5) is 5.13 Å². The summed E-state index contributed by atoms with van der Waals surface area (Å²) in [6.45, 7) is 3.44. The lowest BCUT2D eigenvalue weighted by atomic mass is 9.85. The van der Waals surface area contributed by atoms with Gasteiger partial charge < -0.3 is 5.32 Å². The first-order chi connectivity index (χ1) is 6.79. The highest BCUT2D eigenvalue weighted by Crippen LogP contribution is 2.40. The van der Waals surface area contributed by atoms with Gasteiger partial charge in [0, 0.05) is 6.54 Å². The largest absolute Gasteiger partial charge is 0.360 e. The van der Waals surface area contributed by atoms with E-state index < -0.39 is 0 Å². The first-order valence-corrected chi connectivity index (χ1v) is 6.17. The average molecular weight is 211 g/mol. The Bertz CT molecular complexity index is 265. The van der Waals surface area contributed by atoms with Gasteiger partial charge in [-0.3, -0.25) is 0 Å². The zero-order valence-electron chi connectivity index (χ0n) is 8.62. The Hall–Kier alpha value is -0.640. The first-order valence-electron chi connectivity index (χ1n) is 5.29. The number of nitrogens with one attached hydrogen (secondary N) is 1. The van der Waals surface area contributed by atoms with Crippen LogP contribution in [0.25, 0.3) is 0 Å². The van der Waals surface area contributed by atoms with E-state index in [9.17, 15) is 0 Å². The normalized spacial score (nSPS) is 19.8.